The summed E-state index contributed by atoms with van der Waals surface area (Å²) in [5.74, 6) is -0.810. The van der Waals surface area contributed by atoms with E-state index in [1.807, 2.05) is 6.07 Å². The molecular formula is C16H18N2O4. The van der Waals surface area contributed by atoms with Gasteiger partial charge in [0.05, 0.1) is 11.0 Å². The van der Waals surface area contributed by atoms with Crippen molar-refractivity contribution in [2.75, 3.05) is 13.1 Å². The summed E-state index contributed by atoms with van der Waals surface area (Å²) in [6, 6.07) is 8.70. The number of rotatable bonds is 4. The number of carbonyl (C=O) groups is 2. The number of amides is 1. The summed E-state index contributed by atoms with van der Waals surface area (Å²) >= 11 is 0. The normalized spacial score (nSPS) is 22.0. The number of aliphatic carboxylic acids is 1. The number of para-hydroxylation sites is 1. The van der Waals surface area contributed by atoms with Gasteiger partial charge < -0.3 is 14.7 Å². The van der Waals surface area contributed by atoms with E-state index in [0.717, 1.165) is 0 Å². The Labute approximate surface area is 128 Å². The second-order valence-corrected chi connectivity index (χ2v) is 5.74. The number of hydrogen-bond donors (Lipinski definition) is 1. The third-order valence-corrected chi connectivity index (χ3v) is 3.96. The van der Waals surface area contributed by atoms with Gasteiger partial charge in [-0.05, 0) is 32.4 Å². The average Bonchev–Trinajstić information content (AvgIpc) is 2.91. The summed E-state index contributed by atoms with van der Waals surface area (Å²) in [5, 5.41) is 18.2. The average molecular weight is 302 g/mol. The third-order valence-electron chi connectivity index (χ3n) is 3.96. The Bertz CT molecular complexity index is 637. The molecule has 0 saturated carbocycles. The zero-order valence-corrected chi connectivity index (χ0v) is 12.6. The summed E-state index contributed by atoms with van der Waals surface area (Å²) in [7, 11) is 0. The predicted octanol–water partition coefficient (Wildman–Crippen LogP) is 1.65. The number of nitriles is 1. The van der Waals surface area contributed by atoms with Crippen molar-refractivity contribution in [3.8, 4) is 11.8 Å². The fourth-order valence-electron chi connectivity index (χ4n) is 2.48. The Kier molecular flexibility index (Phi) is 4.36. The van der Waals surface area contributed by atoms with Crippen LogP contribution in [0.25, 0.3) is 0 Å². The van der Waals surface area contributed by atoms with Gasteiger partial charge >= 0.3 is 5.97 Å². The SMILES string of the molecule is C[C@@H](Oc1ccccc1C#N)C(=O)N1CC[C@@](C)(C(=O)O)C1. The first-order valence-corrected chi connectivity index (χ1v) is 7.05. The summed E-state index contributed by atoms with van der Waals surface area (Å²) in [6.07, 6.45) is -0.346. The molecule has 1 heterocycles. The highest BCUT2D eigenvalue weighted by Crippen LogP contribution is 2.30. The molecule has 0 aromatic heterocycles. The zero-order chi connectivity index (χ0) is 16.3. The van der Waals surface area contributed by atoms with Crippen LogP contribution in [-0.4, -0.2) is 41.1 Å². The number of ether oxygens (including phenoxy) is 1. The molecule has 0 bridgehead atoms. The van der Waals surface area contributed by atoms with Crippen molar-refractivity contribution in [1.29, 1.82) is 5.26 Å². The minimum absolute atomic E-state index is 0.175. The molecule has 1 aromatic rings. The Balaban J connectivity index is 2.05. The second kappa shape index (κ2) is 6.06. The molecule has 1 fully saturated rings. The first-order chi connectivity index (χ1) is 10.4. The number of hydrogen-bond acceptors (Lipinski definition) is 4. The first kappa shape index (κ1) is 15.8. The molecule has 22 heavy (non-hydrogen) atoms. The van der Waals surface area contributed by atoms with Crippen molar-refractivity contribution in [2.45, 2.75) is 26.4 Å². The van der Waals surface area contributed by atoms with E-state index < -0.39 is 17.5 Å². The Morgan fingerprint density at radius 1 is 1.45 bits per heavy atom. The number of nitrogens with zero attached hydrogens (tertiary/aromatic N) is 2. The van der Waals surface area contributed by atoms with Crippen LogP contribution < -0.4 is 4.74 Å². The van der Waals surface area contributed by atoms with Crippen molar-refractivity contribution in [1.82, 2.24) is 4.90 Å². The van der Waals surface area contributed by atoms with E-state index in [1.165, 1.54) is 4.90 Å². The van der Waals surface area contributed by atoms with Crippen LogP contribution in [0.2, 0.25) is 0 Å². The Morgan fingerprint density at radius 3 is 2.73 bits per heavy atom. The van der Waals surface area contributed by atoms with E-state index in [9.17, 15) is 14.7 Å². The zero-order valence-electron chi connectivity index (χ0n) is 12.6. The van der Waals surface area contributed by atoms with Gasteiger partial charge in [0.2, 0.25) is 0 Å². The summed E-state index contributed by atoms with van der Waals surface area (Å²) in [6.45, 7) is 3.82. The molecule has 1 saturated heterocycles. The molecule has 0 aliphatic carbocycles. The fourth-order valence-corrected chi connectivity index (χ4v) is 2.48. The third kappa shape index (κ3) is 3.03. The van der Waals surface area contributed by atoms with Gasteiger partial charge in [-0.3, -0.25) is 9.59 Å². The monoisotopic (exact) mass is 302 g/mol. The standard InChI is InChI=1S/C16H18N2O4/c1-11(22-13-6-4-3-5-12(13)9-17)14(19)18-8-7-16(2,10-18)15(20)21/h3-6,11H,7-8,10H2,1-2H3,(H,20,21)/t11-,16-/m1/s1. The minimum Gasteiger partial charge on any atom is -0.481 e. The highest BCUT2D eigenvalue weighted by atomic mass is 16.5. The summed E-state index contributed by atoms with van der Waals surface area (Å²) in [4.78, 5) is 25.1. The molecule has 1 aliphatic heterocycles. The van der Waals surface area contributed by atoms with Crippen LogP contribution in [0.4, 0.5) is 0 Å². The highest BCUT2D eigenvalue weighted by Gasteiger charge is 2.43. The Hall–Kier alpha value is -2.55. The largest absolute Gasteiger partial charge is 0.481 e. The molecule has 2 rings (SSSR count). The minimum atomic E-state index is -0.903. The maximum absolute atomic E-state index is 12.4. The molecule has 1 aliphatic rings. The van der Waals surface area contributed by atoms with Gasteiger partial charge in [-0.2, -0.15) is 5.26 Å². The molecule has 1 aromatic carbocycles. The van der Waals surface area contributed by atoms with Crippen molar-refractivity contribution < 1.29 is 19.4 Å². The molecule has 0 spiro atoms. The van der Waals surface area contributed by atoms with Crippen molar-refractivity contribution in [2.24, 2.45) is 5.41 Å². The van der Waals surface area contributed by atoms with Gasteiger partial charge in [-0.25, -0.2) is 0 Å². The maximum Gasteiger partial charge on any atom is 0.311 e. The van der Waals surface area contributed by atoms with Crippen molar-refractivity contribution in [3.63, 3.8) is 0 Å². The molecule has 1 N–H and O–H groups in total. The fraction of sp³-hybridized carbons (Fsp3) is 0.438. The summed E-state index contributed by atoms with van der Waals surface area (Å²) < 4.78 is 5.58. The van der Waals surface area contributed by atoms with Crippen LogP contribution in [0.1, 0.15) is 25.8 Å². The molecule has 6 nitrogen and oxygen atoms in total. The summed E-state index contributed by atoms with van der Waals surface area (Å²) in [5.41, 5.74) is -0.543. The van der Waals surface area contributed by atoms with Crippen LogP contribution in [0.5, 0.6) is 5.75 Å². The van der Waals surface area contributed by atoms with Crippen LogP contribution in [0.15, 0.2) is 24.3 Å². The molecule has 6 heteroatoms. The highest BCUT2D eigenvalue weighted by molar-refractivity contribution is 5.83. The van der Waals surface area contributed by atoms with Gasteiger partial charge in [0.1, 0.15) is 11.8 Å². The quantitative estimate of drug-likeness (QED) is 0.913. The van der Waals surface area contributed by atoms with E-state index in [0.29, 0.717) is 24.3 Å². The topological polar surface area (TPSA) is 90.6 Å². The van der Waals surface area contributed by atoms with Gasteiger partial charge in [-0.1, -0.05) is 12.1 Å². The van der Waals surface area contributed by atoms with Crippen LogP contribution >= 0.6 is 0 Å². The molecular weight excluding hydrogens is 284 g/mol. The number of carboxylic acid groups (broad SMARTS) is 1. The van der Waals surface area contributed by atoms with Gasteiger partial charge in [-0.15, -0.1) is 0 Å². The Morgan fingerprint density at radius 2 is 2.14 bits per heavy atom. The lowest BCUT2D eigenvalue weighted by molar-refractivity contribution is -0.147. The van der Waals surface area contributed by atoms with E-state index in [4.69, 9.17) is 10.00 Å². The number of carbonyl (C=O) groups excluding carboxylic acids is 1. The van der Waals surface area contributed by atoms with E-state index in [-0.39, 0.29) is 12.5 Å². The van der Waals surface area contributed by atoms with Crippen LogP contribution in [0, 0.1) is 16.7 Å². The molecule has 0 unspecified atom stereocenters. The van der Waals surface area contributed by atoms with Crippen LogP contribution in [-0.2, 0) is 9.59 Å². The van der Waals surface area contributed by atoms with Crippen LogP contribution in [0.3, 0.4) is 0 Å². The van der Waals surface area contributed by atoms with Gasteiger partial charge in [0.25, 0.3) is 5.91 Å². The van der Waals surface area contributed by atoms with Crippen molar-refractivity contribution >= 4 is 11.9 Å². The lowest BCUT2D eigenvalue weighted by Gasteiger charge is -2.23. The maximum atomic E-state index is 12.4. The molecule has 0 radical (unpaired) electrons. The van der Waals surface area contributed by atoms with E-state index >= 15 is 0 Å². The lowest BCUT2D eigenvalue weighted by atomic mass is 9.90. The molecule has 1 amide bonds. The predicted molar refractivity (Wildman–Crippen MR) is 78.2 cm³/mol. The van der Waals surface area contributed by atoms with Crippen molar-refractivity contribution in [3.05, 3.63) is 29.8 Å². The number of benzene rings is 1. The molecule has 116 valence electrons. The first-order valence-electron chi connectivity index (χ1n) is 7.05. The van der Waals surface area contributed by atoms with Gasteiger partial charge in [0, 0.05) is 13.1 Å². The number of likely N-dealkylation sites (tertiary alicyclic amines) is 1. The lowest BCUT2D eigenvalue weighted by Crippen LogP contribution is -2.41. The smallest absolute Gasteiger partial charge is 0.311 e. The van der Waals surface area contributed by atoms with E-state index in [2.05, 4.69) is 0 Å². The number of carboxylic acids is 1. The molecule has 2 atom stereocenters. The second-order valence-electron chi connectivity index (χ2n) is 5.74. The van der Waals surface area contributed by atoms with E-state index in [1.54, 1.807) is 38.1 Å². The van der Waals surface area contributed by atoms with Gasteiger partial charge in [0.15, 0.2) is 6.10 Å².